The molecule has 0 N–H and O–H groups in total. The monoisotopic (exact) mass is 610 g/mol. The van der Waals surface area contributed by atoms with Gasteiger partial charge in [0, 0.05) is 41.5 Å². The van der Waals surface area contributed by atoms with Crippen LogP contribution in [0.5, 0.6) is 0 Å². The summed E-state index contributed by atoms with van der Waals surface area (Å²) in [5.74, 6) is 0.774. The SMILES string of the molecule is O=c1/c(=C\c2ccc(-c3ccc([N+](=O)[O-])cc3Cl)o2)sc2n1[C@@H](c1cccc([N+](=O)[O-])c1)C1=C(N=2)c2ccccc2CC1. The average Bonchev–Trinajstić information content (AvgIpc) is 3.59. The third kappa shape index (κ3) is 4.59. The Kier molecular flexibility index (Phi) is 6.41. The molecule has 12 heteroatoms. The van der Waals surface area contributed by atoms with Crippen molar-refractivity contribution in [2.45, 2.75) is 18.9 Å². The fourth-order valence-corrected chi connectivity index (χ4v) is 6.90. The third-order valence-corrected chi connectivity index (χ3v) is 8.89. The number of nitrogens with zero attached hydrogens (tertiary/aromatic N) is 4. The van der Waals surface area contributed by atoms with Crippen molar-refractivity contribution in [3.63, 3.8) is 0 Å². The molecular weight excluding hydrogens is 592 g/mol. The highest BCUT2D eigenvalue weighted by Gasteiger charge is 2.33. The molecule has 0 amide bonds. The number of nitro benzene ring substituents is 2. The van der Waals surface area contributed by atoms with Crippen molar-refractivity contribution in [2.24, 2.45) is 4.99 Å². The van der Waals surface area contributed by atoms with E-state index in [2.05, 4.69) is 6.07 Å². The number of fused-ring (bicyclic) bond motifs is 3. The Balaban J connectivity index is 1.38. The molecule has 43 heavy (non-hydrogen) atoms. The number of benzene rings is 3. The van der Waals surface area contributed by atoms with Crippen LogP contribution in [0.2, 0.25) is 5.02 Å². The highest BCUT2D eigenvalue weighted by atomic mass is 35.5. The normalized spacial score (nSPS) is 15.8. The first-order valence-corrected chi connectivity index (χ1v) is 14.4. The Bertz CT molecular complexity index is 2210. The van der Waals surface area contributed by atoms with Crippen LogP contribution in [0, 0.1) is 20.2 Å². The number of rotatable bonds is 5. The van der Waals surface area contributed by atoms with Gasteiger partial charge in [0.2, 0.25) is 0 Å². The van der Waals surface area contributed by atoms with E-state index in [-0.39, 0.29) is 22.0 Å². The zero-order valence-electron chi connectivity index (χ0n) is 22.1. The standard InChI is InChI=1S/C31H19ClN4O6S/c32-25-15-20(36(40)41)9-12-23(25)26-13-10-21(42-26)16-27-30(37)34-29(18-5-3-6-19(14-18)35(38)39)24-11-8-17-4-1-2-7-22(17)28(24)33-31(34)43-27/h1-7,9-10,12-16,29H,8,11H2/b27-16+/t29-/m0/s1. The number of aromatic nitrogens is 1. The summed E-state index contributed by atoms with van der Waals surface area (Å²) in [7, 11) is 0. The molecule has 0 saturated carbocycles. The summed E-state index contributed by atoms with van der Waals surface area (Å²) in [4.78, 5) is 41.1. The van der Waals surface area contributed by atoms with E-state index in [0.717, 1.165) is 28.8 Å². The molecule has 0 bridgehead atoms. The number of halogens is 1. The van der Waals surface area contributed by atoms with Crippen LogP contribution >= 0.6 is 22.9 Å². The minimum atomic E-state index is -0.562. The highest BCUT2D eigenvalue weighted by Crippen LogP contribution is 2.41. The van der Waals surface area contributed by atoms with Crippen LogP contribution in [0.1, 0.15) is 34.9 Å². The first kappa shape index (κ1) is 26.7. The van der Waals surface area contributed by atoms with E-state index in [9.17, 15) is 25.0 Å². The van der Waals surface area contributed by atoms with Crippen LogP contribution in [0.3, 0.4) is 0 Å². The van der Waals surface area contributed by atoms with Gasteiger partial charge in [-0.05, 0) is 47.7 Å². The Morgan fingerprint density at radius 2 is 1.72 bits per heavy atom. The number of hydrogen-bond acceptors (Lipinski definition) is 8. The lowest BCUT2D eigenvalue weighted by Crippen LogP contribution is -2.38. The topological polar surface area (TPSA) is 134 Å². The summed E-state index contributed by atoms with van der Waals surface area (Å²) in [5.41, 5.74) is 4.51. The van der Waals surface area contributed by atoms with E-state index in [4.69, 9.17) is 21.0 Å². The second kappa shape index (κ2) is 10.3. The highest BCUT2D eigenvalue weighted by molar-refractivity contribution is 7.07. The third-order valence-electron chi connectivity index (χ3n) is 7.60. The quantitative estimate of drug-likeness (QED) is 0.176. The Morgan fingerprint density at radius 1 is 0.930 bits per heavy atom. The number of allylic oxidation sites excluding steroid dienone is 1. The molecule has 5 aromatic rings. The number of furan rings is 1. The van der Waals surface area contributed by atoms with Crippen molar-refractivity contribution in [1.82, 2.24) is 4.57 Å². The van der Waals surface area contributed by atoms with Crippen LogP contribution in [-0.2, 0) is 6.42 Å². The van der Waals surface area contributed by atoms with Crippen LogP contribution in [-0.4, -0.2) is 14.4 Å². The summed E-state index contributed by atoms with van der Waals surface area (Å²) in [6.07, 6.45) is 3.04. The van der Waals surface area contributed by atoms with Crippen molar-refractivity contribution in [1.29, 1.82) is 0 Å². The summed E-state index contributed by atoms with van der Waals surface area (Å²) in [6.45, 7) is 0. The minimum Gasteiger partial charge on any atom is -0.457 e. The first-order valence-electron chi connectivity index (χ1n) is 13.2. The zero-order valence-corrected chi connectivity index (χ0v) is 23.7. The summed E-state index contributed by atoms with van der Waals surface area (Å²) in [5, 5.41) is 22.9. The molecule has 212 valence electrons. The van der Waals surface area contributed by atoms with Gasteiger partial charge < -0.3 is 4.42 Å². The van der Waals surface area contributed by atoms with Crippen molar-refractivity contribution >= 4 is 46.1 Å². The Labute approximate surface area is 251 Å². The van der Waals surface area contributed by atoms with Crippen molar-refractivity contribution in [3.05, 3.63) is 152 Å². The predicted molar refractivity (Wildman–Crippen MR) is 162 cm³/mol. The van der Waals surface area contributed by atoms with Gasteiger partial charge in [-0.15, -0.1) is 0 Å². The lowest BCUT2D eigenvalue weighted by Gasteiger charge is -2.30. The molecule has 1 atom stereocenters. The van der Waals surface area contributed by atoms with Gasteiger partial charge in [-0.2, -0.15) is 0 Å². The number of non-ortho nitro benzene ring substituents is 2. The maximum Gasteiger partial charge on any atom is 0.271 e. The van der Waals surface area contributed by atoms with Gasteiger partial charge in [0.1, 0.15) is 11.5 Å². The molecular formula is C31H19ClN4O6S. The van der Waals surface area contributed by atoms with Crippen LogP contribution < -0.4 is 14.9 Å². The summed E-state index contributed by atoms with van der Waals surface area (Å²) < 4.78 is 7.95. The van der Waals surface area contributed by atoms with E-state index in [0.29, 0.717) is 38.4 Å². The van der Waals surface area contributed by atoms with E-state index in [1.54, 1.807) is 34.9 Å². The molecule has 0 radical (unpaired) electrons. The van der Waals surface area contributed by atoms with E-state index >= 15 is 0 Å². The van der Waals surface area contributed by atoms with Gasteiger partial charge in [-0.25, -0.2) is 4.99 Å². The summed E-state index contributed by atoms with van der Waals surface area (Å²) >= 11 is 7.50. The largest absolute Gasteiger partial charge is 0.457 e. The second-order valence-corrected chi connectivity index (χ2v) is 11.5. The van der Waals surface area contributed by atoms with E-state index in [1.165, 1.54) is 41.7 Å². The summed E-state index contributed by atoms with van der Waals surface area (Å²) in [6, 6.07) is 21.3. The lowest BCUT2D eigenvalue weighted by molar-refractivity contribution is -0.385. The molecule has 3 aromatic carbocycles. The maximum absolute atomic E-state index is 14.0. The average molecular weight is 611 g/mol. The number of aryl methyl sites for hydroxylation is 1. The van der Waals surface area contributed by atoms with Gasteiger partial charge in [0.15, 0.2) is 4.80 Å². The van der Waals surface area contributed by atoms with Crippen LogP contribution in [0.15, 0.2) is 98.6 Å². The Morgan fingerprint density at radius 3 is 2.51 bits per heavy atom. The molecule has 1 aliphatic heterocycles. The van der Waals surface area contributed by atoms with E-state index < -0.39 is 15.9 Å². The van der Waals surface area contributed by atoms with Gasteiger partial charge >= 0.3 is 0 Å². The minimum absolute atomic E-state index is 0.0528. The number of thiazole rings is 1. The smallest absolute Gasteiger partial charge is 0.271 e. The van der Waals surface area contributed by atoms with Gasteiger partial charge in [-0.1, -0.05) is 59.3 Å². The van der Waals surface area contributed by atoms with Crippen molar-refractivity contribution in [3.8, 4) is 11.3 Å². The molecule has 10 nitrogen and oxygen atoms in total. The number of hydrogen-bond donors (Lipinski definition) is 0. The molecule has 0 fully saturated rings. The zero-order chi connectivity index (χ0) is 29.8. The maximum atomic E-state index is 14.0. The lowest BCUT2D eigenvalue weighted by atomic mass is 9.83. The molecule has 7 rings (SSSR count). The Hall–Kier alpha value is -5.13. The first-order chi connectivity index (χ1) is 20.8. The van der Waals surface area contributed by atoms with Crippen LogP contribution in [0.25, 0.3) is 23.1 Å². The van der Waals surface area contributed by atoms with Crippen molar-refractivity contribution < 1.29 is 14.3 Å². The van der Waals surface area contributed by atoms with Crippen molar-refractivity contribution in [2.75, 3.05) is 0 Å². The number of nitro groups is 2. The van der Waals surface area contributed by atoms with Crippen LogP contribution in [0.4, 0.5) is 11.4 Å². The molecule has 2 aromatic heterocycles. The molecule has 3 heterocycles. The fourth-order valence-electron chi connectivity index (χ4n) is 5.65. The second-order valence-electron chi connectivity index (χ2n) is 10.1. The molecule has 1 aliphatic carbocycles. The van der Waals surface area contributed by atoms with Gasteiger partial charge in [0.25, 0.3) is 16.9 Å². The molecule has 0 unspecified atom stereocenters. The molecule has 0 spiro atoms. The predicted octanol–water partition coefficient (Wildman–Crippen LogP) is 6.05. The van der Waals surface area contributed by atoms with E-state index in [1.807, 2.05) is 18.2 Å². The fraction of sp³-hybridized carbons (Fsp3) is 0.0968. The van der Waals surface area contributed by atoms with Gasteiger partial charge in [0.05, 0.1) is 31.1 Å². The molecule has 0 saturated heterocycles. The molecule has 2 aliphatic rings. The van der Waals surface area contributed by atoms with Gasteiger partial charge in [-0.3, -0.25) is 29.6 Å².